The number of carbonyl (C=O) groups excluding carboxylic acids is 2. The molecule has 2 aliphatic rings. The van der Waals surface area contributed by atoms with Gasteiger partial charge < -0.3 is 15.8 Å². The Morgan fingerprint density at radius 3 is 2.60 bits per heavy atom. The number of rotatable bonds is 7. The molecule has 1 aromatic carbocycles. The molecule has 1 aromatic rings. The van der Waals surface area contributed by atoms with E-state index < -0.39 is 0 Å². The van der Waals surface area contributed by atoms with Crippen molar-refractivity contribution in [1.82, 2.24) is 5.32 Å². The molecule has 0 heterocycles. The number of hydrogen-bond donors (Lipinski definition) is 2. The van der Waals surface area contributed by atoms with E-state index in [0.29, 0.717) is 31.4 Å². The summed E-state index contributed by atoms with van der Waals surface area (Å²) in [6.45, 7) is 2.44. The van der Waals surface area contributed by atoms with Gasteiger partial charge in [0.15, 0.2) is 0 Å². The van der Waals surface area contributed by atoms with Gasteiger partial charge in [-0.15, -0.1) is 0 Å². The number of ether oxygens (including phenoxy) is 1. The number of amides is 1. The largest absolute Gasteiger partial charge is 0.466 e. The number of benzene rings is 1. The Bertz CT molecular complexity index is 602. The fourth-order valence-corrected chi connectivity index (χ4v) is 4.46. The molecule has 0 radical (unpaired) electrons. The molecular weight excluding hydrogens is 316 g/mol. The minimum Gasteiger partial charge on any atom is -0.466 e. The van der Waals surface area contributed by atoms with Gasteiger partial charge >= 0.3 is 5.97 Å². The predicted molar refractivity (Wildman–Crippen MR) is 95.6 cm³/mol. The van der Waals surface area contributed by atoms with E-state index in [-0.39, 0.29) is 29.8 Å². The van der Waals surface area contributed by atoms with Crippen LogP contribution in [0.15, 0.2) is 30.3 Å². The first kappa shape index (κ1) is 17.9. The van der Waals surface area contributed by atoms with Crippen molar-refractivity contribution in [3.8, 4) is 0 Å². The molecule has 0 aliphatic heterocycles. The topological polar surface area (TPSA) is 81.4 Å². The average molecular weight is 344 g/mol. The maximum absolute atomic E-state index is 12.6. The van der Waals surface area contributed by atoms with Gasteiger partial charge in [-0.25, -0.2) is 0 Å². The van der Waals surface area contributed by atoms with Crippen LogP contribution < -0.4 is 11.1 Å². The highest BCUT2D eigenvalue weighted by Gasteiger charge is 2.49. The highest BCUT2D eigenvalue weighted by Crippen LogP contribution is 2.47. The lowest BCUT2D eigenvalue weighted by molar-refractivity contribution is -0.148. The number of fused-ring (bicyclic) bond motifs is 2. The molecule has 2 fully saturated rings. The number of carbonyl (C=O) groups is 2. The molecule has 3 rings (SSSR count). The van der Waals surface area contributed by atoms with Crippen LogP contribution in [0.4, 0.5) is 0 Å². The second kappa shape index (κ2) is 8.00. The van der Waals surface area contributed by atoms with Gasteiger partial charge in [-0.2, -0.15) is 0 Å². The van der Waals surface area contributed by atoms with Crippen molar-refractivity contribution in [3.63, 3.8) is 0 Å². The van der Waals surface area contributed by atoms with Crippen LogP contribution in [0.1, 0.15) is 31.7 Å². The SMILES string of the molecule is CCOC(=O)C(CNC(=O)C1C2CCC(C2)C1N)Cc1ccccc1. The monoisotopic (exact) mass is 344 g/mol. The quantitative estimate of drug-likeness (QED) is 0.740. The van der Waals surface area contributed by atoms with Gasteiger partial charge in [0.2, 0.25) is 5.91 Å². The van der Waals surface area contributed by atoms with Gasteiger partial charge in [0.05, 0.1) is 18.4 Å². The van der Waals surface area contributed by atoms with Gasteiger partial charge in [-0.05, 0) is 50.0 Å². The summed E-state index contributed by atoms with van der Waals surface area (Å²) < 4.78 is 5.19. The van der Waals surface area contributed by atoms with E-state index in [1.807, 2.05) is 30.3 Å². The van der Waals surface area contributed by atoms with E-state index in [9.17, 15) is 9.59 Å². The zero-order chi connectivity index (χ0) is 17.8. The van der Waals surface area contributed by atoms with Crippen molar-refractivity contribution < 1.29 is 14.3 Å². The Balaban J connectivity index is 1.60. The normalized spacial score (nSPS) is 28.6. The van der Waals surface area contributed by atoms with Gasteiger partial charge in [0.25, 0.3) is 0 Å². The third kappa shape index (κ3) is 4.03. The van der Waals surface area contributed by atoms with E-state index in [2.05, 4.69) is 5.32 Å². The second-order valence-corrected chi connectivity index (χ2v) is 7.32. The van der Waals surface area contributed by atoms with Crippen LogP contribution in [-0.2, 0) is 20.7 Å². The minimum absolute atomic E-state index is 0.00191. The summed E-state index contributed by atoms with van der Waals surface area (Å²) in [6, 6.07) is 9.78. The van der Waals surface area contributed by atoms with Crippen molar-refractivity contribution in [2.45, 2.75) is 38.6 Å². The molecule has 136 valence electrons. The third-order valence-corrected chi connectivity index (χ3v) is 5.75. The minimum atomic E-state index is -0.374. The van der Waals surface area contributed by atoms with E-state index in [0.717, 1.165) is 24.8 Å². The predicted octanol–water partition coefficient (Wildman–Crippen LogP) is 1.90. The first-order valence-corrected chi connectivity index (χ1v) is 9.34. The summed E-state index contributed by atoms with van der Waals surface area (Å²) >= 11 is 0. The fourth-order valence-electron chi connectivity index (χ4n) is 4.46. The lowest BCUT2D eigenvalue weighted by Crippen LogP contribution is -2.47. The Morgan fingerprint density at radius 2 is 1.96 bits per heavy atom. The Morgan fingerprint density at radius 1 is 1.24 bits per heavy atom. The van der Waals surface area contributed by atoms with Crippen molar-refractivity contribution >= 4 is 11.9 Å². The van der Waals surface area contributed by atoms with E-state index in [4.69, 9.17) is 10.5 Å². The molecule has 0 spiro atoms. The maximum Gasteiger partial charge on any atom is 0.311 e. The van der Waals surface area contributed by atoms with E-state index in [1.165, 1.54) is 0 Å². The summed E-state index contributed by atoms with van der Waals surface area (Å²) in [5.74, 6) is 0.173. The van der Waals surface area contributed by atoms with Crippen molar-refractivity contribution in [2.24, 2.45) is 29.4 Å². The molecule has 5 heteroatoms. The number of nitrogens with two attached hydrogens (primary N) is 1. The summed E-state index contributed by atoms with van der Waals surface area (Å²) in [5, 5.41) is 2.98. The smallest absolute Gasteiger partial charge is 0.311 e. The zero-order valence-electron chi connectivity index (χ0n) is 14.8. The van der Waals surface area contributed by atoms with Crippen molar-refractivity contribution in [3.05, 3.63) is 35.9 Å². The van der Waals surface area contributed by atoms with Crippen LogP contribution in [-0.4, -0.2) is 31.1 Å². The van der Waals surface area contributed by atoms with E-state index in [1.54, 1.807) is 6.92 Å². The first-order chi connectivity index (χ1) is 12.1. The van der Waals surface area contributed by atoms with Crippen LogP contribution in [0, 0.1) is 23.7 Å². The van der Waals surface area contributed by atoms with Gasteiger partial charge in [-0.1, -0.05) is 30.3 Å². The molecule has 2 saturated carbocycles. The summed E-state index contributed by atoms with van der Waals surface area (Å²) in [7, 11) is 0. The summed E-state index contributed by atoms with van der Waals surface area (Å²) in [6.07, 6.45) is 3.88. The second-order valence-electron chi connectivity index (χ2n) is 7.32. The lowest BCUT2D eigenvalue weighted by atomic mass is 9.84. The highest BCUT2D eigenvalue weighted by atomic mass is 16.5. The molecule has 5 nitrogen and oxygen atoms in total. The van der Waals surface area contributed by atoms with Crippen LogP contribution in [0.5, 0.6) is 0 Å². The lowest BCUT2D eigenvalue weighted by Gasteiger charge is -2.27. The van der Waals surface area contributed by atoms with Crippen LogP contribution in [0.25, 0.3) is 0 Å². The summed E-state index contributed by atoms with van der Waals surface area (Å²) in [5.41, 5.74) is 7.31. The molecule has 25 heavy (non-hydrogen) atoms. The van der Waals surface area contributed by atoms with E-state index >= 15 is 0 Å². The third-order valence-electron chi connectivity index (χ3n) is 5.75. The average Bonchev–Trinajstić information content (AvgIpc) is 3.20. The van der Waals surface area contributed by atoms with Gasteiger partial charge in [0, 0.05) is 12.6 Å². The van der Waals surface area contributed by atoms with Crippen LogP contribution >= 0.6 is 0 Å². The van der Waals surface area contributed by atoms with Crippen LogP contribution in [0.3, 0.4) is 0 Å². The molecular formula is C20H28N2O3. The Hall–Kier alpha value is -1.88. The summed E-state index contributed by atoms with van der Waals surface area (Å²) in [4.78, 5) is 24.9. The number of hydrogen-bond acceptors (Lipinski definition) is 4. The Kier molecular flexibility index (Phi) is 5.74. The van der Waals surface area contributed by atoms with Crippen LogP contribution in [0.2, 0.25) is 0 Å². The molecule has 5 atom stereocenters. The molecule has 2 bridgehead atoms. The standard InChI is InChI=1S/C20H28N2O3/c1-2-25-20(24)16(10-13-6-4-3-5-7-13)12-22-19(23)17-14-8-9-15(11-14)18(17)21/h3-7,14-18H,2,8-12,21H2,1H3,(H,22,23). The fraction of sp³-hybridized carbons (Fsp3) is 0.600. The number of nitrogens with one attached hydrogen (secondary N) is 1. The molecule has 0 aromatic heterocycles. The number of esters is 1. The molecule has 3 N–H and O–H groups in total. The molecule has 2 aliphatic carbocycles. The Labute approximate surface area is 149 Å². The maximum atomic E-state index is 12.6. The molecule has 5 unspecified atom stereocenters. The zero-order valence-corrected chi connectivity index (χ0v) is 14.8. The highest BCUT2D eigenvalue weighted by molar-refractivity contribution is 5.81. The van der Waals surface area contributed by atoms with Gasteiger partial charge in [-0.3, -0.25) is 9.59 Å². The van der Waals surface area contributed by atoms with Crippen molar-refractivity contribution in [1.29, 1.82) is 0 Å². The molecule has 0 saturated heterocycles. The first-order valence-electron chi connectivity index (χ1n) is 9.34. The molecule has 1 amide bonds. The van der Waals surface area contributed by atoms with Crippen molar-refractivity contribution in [2.75, 3.05) is 13.2 Å². The van der Waals surface area contributed by atoms with Gasteiger partial charge in [0.1, 0.15) is 0 Å².